The predicted octanol–water partition coefficient (Wildman–Crippen LogP) is 1.55. The molecule has 3 atom stereocenters. The van der Waals surface area contributed by atoms with Crippen molar-refractivity contribution in [1.82, 2.24) is 0 Å². The Bertz CT molecular complexity index is 214. The summed E-state index contributed by atoms with van der Waals surface area (Å²) in [6.07, 6.45) is 7.43. The topological polar surface area (TPSA) is 21.8 Å². The highest BCUT2D eigenvalue weighted by atomic mass is 16.6. The molecule has 3 unspecified atom stereocenters. The lowest BCUT2D eigenvalue weighted by Crippen LogP contribution is -2.17. The fraction of sp³-hybridized carbons (Fsp3) is 0.800. The maximum atomic E-state index is 5.42. The average molecular weight is 166 g/mol. The van der Waals surface area contributed by atoms with E-state index < -0.39 is 0 Å². The van der Waals surface area contributed by atoms with Gasteiger partial charge in [0.25, 0.3) is 0 Å². The monoisotopic (exact) mass is 166 g/mol. The second kappa shape index (κ2) is 3.37. The number of fused-ring (bicyclic) bond motifs is 1. The summed E-state index contributed by atoms with van der Waals surface area (Å²) in [5, 5.41) is 0. The third-order valence-electron chi connectivity index (χ3n) is 2.61. The molecule has 0 aromatic rings. The van der Waals surface area contributed by atoms with Gasteiger partial charge in [0.05, 0.1) is 12.2 Å². The molecule has 1 heterocycles. The Morgan fingerprint density at radius 3 is 3.08 bits per heavy atom. The van der Waals surface area contributed by atoms with Crippen molar-refractivity contribution in [3.8, 4) is 12.0 Å². The van der Waals surface area contributed by atoms with Crippen LogP contribution in [0, 0.1) is 17.9 Å². The van der Waals surface area contributed by atoms with E-state index in [0.29, 0.717) is 18.1 Å². The summed E-state index contributed by atoms with van der Waals surface area (Å²) in [7, 11) is 0. The molecule has 0 aromatic heterocycles. The van der Waals surface area contributed by atoms with E-state index in [1.54, 1.807) is 6.92 Å². The first-order chi connectivity index (χ1) is 5.90. The minimum Gasteiger partial charge on any atom is -0.446 e. The highest BCUT2D eigenvalue weighted by molar-refractivity contribution is 4.92. The van der Waals surface area contributed by atoms with Crippen molar-refractivity contribution >= 4 is 0 Å². The molecule has 2 aliphatic rings. The van der Waals surface area contributed by atoms with Crippen LogP contribution in [0.25, 0.3) is 0 Å². The van der Waals surface area contributed by atoms with E-state index in [-0.39, 0.29) is 0 Å². The van der Waals surface area contributed by atoms with Crippen LogP contribution < -0.4 is 0 Å². The highest BCUT2D eigenvalue weighted by Gasteiger charge is 2.43. The van der Waals surface area contributed by atoms with E-state index in [2.05, 4.69) is 12.0 Å². The van der Waals surface area contributed by atoms with Crippen molar-refractivity contribution < 1.29 is 9.47 Å². The van der Waals surface area contributed by atoms with Crippen LogP contribution in [-0.4, -0.2) is 18.8 Å². The van der Waals surface area contributed by atoms with Gasteiger partial charge in [0.15, 0.2) is 0 Å². The first-order valence-corrected chi connectivity index (χ1v) is 4.59. The van der Waals surface area contributed by atoms with Crippen LogP contribution in [0.1, 0.15) is 26.2 Å². The zero-order valence-electron chi connectivity index (χ0n) is 7.38. The van der Waals surface area contributed by atoms with E-state index in [1.807, 2.05) is 0 Å². The van der Waals surface area contributed by atoms with Crippen molar-refractivity contribution in [2.75, 3.05) is 6.61 Å². The summed E-state index contributed by atoms with van der Waals surface area (Å²) in [5.41, 5.74) is 0. The molecule has 0 aromatic carbocycles. The normalized spacial score (nSPS) is 37.6. The van der Waals surface area contributed by atoms with Crippen LogP contribution >= 0.6 is 0 Å². The van der Waals surface area contributed by atoms with Gasteiger partial charge in [-0.1, -0.05) is 5.92 Å². The van der Waals surface area contributed by atoms with Gasteiger partial charge in [0.1, 0.15) is 12.7 Å². The number of hydrogen-bond acceptors (Lipinski definition) is 2. The maximum absolute atomic E-state index is 5.42. The van der Waals surface area contributed by atoms with Crippen molar-refractivity contribution in [2.45, 2.75) is 38.4 Å². The molecule has 0 radical (unpaired) electrons. The molecule has 1 aliphatic heterocycles. The van der Waals surface area contributed by atoms with Gasteiger partial charge >= 0.3 is 0 Å². The van der Waals surface area contributed by atoms with Gasteiger partial charge < -0.3 is 9.47 Å². The lowest BCUT2D eigenvalue weighted by Gasteiger charge is -2.16. The number of epoxide rings is 1. The van der Waals surface area contributed by atoms with Crippen molar-refractivity contribution in [3.05, 3.63) is 0 Å². The molecule has 1 saturated carbocycles. The first-order valence-electron chi connectivity index (χ1n) is 4.59. The standard InChI is InChI=1S/C10H14O2/c1-2-5-11-7-8-3-4-9-10(6-8)12-9/h8-10H,3-4,6-7H2,1H3. The lowest BCUT2D eigenvalue weighted by atomic mass is 9.90. The summed E-state index contributed by atoms with van der Waals surface area (Å²) in [5.74, 6) is 3.40. The zero-order chi connectivity index (χ0) is 8.39. The quantitative estimate of drug-likeness (QED) is 0.458. The summed E-state index contributed by atoms with van der Waals surface area (Å²) < 4.78 is 10.6. The minimum absolute atomic E-state index is 0.557. The molecular weight excluding hydrogens is 152 g/mol. The van der Waals surface area contributed by atoms with E-state index in [9.17, 15) is 0 Å². The Hall–Kier alpha value is -0.680. The van der Waals surface area contributed by atoms with E-state index >= 15 is 0 Å². The molecule has 0 N–H and O–H groups in total. The van der Waals surface area contributed by atoms with Crippen LogP contribution in [0.4, 0.5) is 0 Å². The van der Waals surface area contributed by atoms with Gasteiger partial charge in [-0.3, -0.25) is 0 Å². The van der Waals surface area contributed by atoms with E-state index in [1.165, 1.54) is 19.3 Å². The fourth-order valence-corrected chi connectivity index (χ4v) is 1.87. The summed E-state index contributed by atoms with van der Waals surface area (Å²) in [6.45, 7) is 2.58. The molecule has 2 nitrogen and oxygen atoms in total. The molecule has 0 amide bonds. The molecule has 1 saturated heterocycles. The molecule has 0 spiro atoms. The molecule has 1 aliphatic carbocycles. The fourth-order valence-electron chi connectivity index (χ4n) is 1.87. The number of rotatable bonds is 2. The van der Waals surface area contributed by atoms with Crippen LogP contribution in [0.2, 0.25) is 0 Å². The van der Waals surface area contributed by atoms with Crippen molar-refractivity contribution in [1.29, 1.82) is 0 Å². The van der Waals surface area contributed by atoms with E-state index in [0.717, 1.165) is 6.61 Å². The van der Waals surface area contributed by atoms with E-state index in [4.69, 9.17) is 9.47 Å². The first kappa shape index (κ1) is 7.94. The second-order valence-corrected chi connectivity index (χ2v) is 3.56. The lowest BCUT2D eigenvalue weighted by molar-refractivity contribution is 0.190. The largest absolute Gasteiger partial charge is 0.446 e. The molecule has 0 bridgehead atoms. The predicted molar refractivity (Wildman–Crippen MR) is 45.4 cm³/mol. The third-order valence-corrected chi connectivity index (χ3v) is 2.61. The summed E-state index contributed by atoms with van der Waals surface area (Å²) in [4.78, 5) is 0. The molecular formula is C10H14O2. The maximum Gasteiger partial charge on any atom is 0.109 e. The van der Waals surface area contributed by atoms with Crippen LogP contribution in [0.3, 0.4) is 0 Å². The molecule has 2 heteroatoms. The highest BCUT2D eigenvalue weighted by Crippen LogP contribution is 2.39. The Kier molecular flexibility index (Phi) is 2.23. The smallest absolute Gasteiger partial charge is 0.109 e. The zero-order valence-corrected chi connectivity index (χ0v) is 7.38. The minimum atomic E-state index is 0.557. The van der Waals surface area contributed by atoms with Gasteiger partial charge in [-0.15, -0.1) is 0 Å². The second-order valence-electron chi connectivity index (χ2n) is 3.56. The van der Waals surface area contributed by atoms with Crippen molar-refractivity contribution in [2.24, 2.45) is 5.92 Å². The van der Waals surface area contributed by atoms with Gasteiger partial charge in [-0.05, 0) is 25.2 Å². The molecule has 2 rings (SSSR count). The molecule has 2 fully saturated rings. The van der Waals surface area contributed by atoms with Gasteiger partial charge in [0.2, 0.25) is 0 Å². The molecule has 66 valence electrons. The Morgan fingerprint density at radius 2 is 2.33 bits per heavy atom. The van der Waals surface area contributed by atoms with Crippen LogP contribution in [0.5, 0.6) is 0 Å². The Morgan fingerprint density at radius 1 is 1.42 bits per heavy atom. The summed E-state index contributed by atoms with van der Waals surface area (Å²) >= 11 is 0. The number of hydrogen-bond donors (Lipinski definition) is 0. The SMILES string of the molecule is CC#COCC1CCC2OC2C1. The Balaban J connectivity index is 1.69. The number of ether oxygens (including phenoxy) is 2. The van der Waals surface area contributed by atoms with Gasteiger partial charge in [0, 0.05) is 6.92 Å². The molecule has 12 heavy (non-hydrogen) atoms. The van der Waals surface area contributed by atoms with Crippen molar-refractivity contribution in [3.63, 3.8) is 0 Å². The van der Waals surface area contributed by atoms with Gasteiger partial charge in [-0.25, -0.2) is 0 Å². The van der Waals surface area contributed by atoms with Crippen LogP contribution in [-0.2, 0) is 9.47 Å². The van der Waals surface area contributed by atoms with Gasteiger partial charge in [-0.2, -0.15) is 0 Å². The Labute approximate surface area is 73.2 Å². The third kappa shape index (κ3) is 1.73. The summed E-state index contributed by atoms with van der Waals surface area (Å²) in [6, 6.07) is 0. The average Bonchev–Trinajstić information content (AvgIpc) is 2.83. The van der Waals surface area contributed by atoms with Crippen LogP contribution in [0.15, 0.2) is 0 Å².